The van der Waals surface area contributed by atoms with Gasteiger partial charge in [-0.25, -0.2) is 4.39 Å². The number of benzene rings is 2. The second-order valence-electron chi connectivity index (χ2n) is 4.63. The highest BCUT2D eigenvalue weighted by molar-refractivity contribution is 5.32. The second-order valence-corrected chi connectivity index (χ2v) is 4.63. The van der Waals surface area contributed by atoms with Crippen LogP contribution in [0, 0.1) is 24.1 Å². The summed E-state index contributed by atoms with van der Waals surface area (Å²) < 4.78 is 18.5. The summed E-state index contributed by atoms with van der Waals surface area (Å²) in [7, 11) is 0. The van der Waals surface area contributed by atoms with Crippen molar-refractivity contribution in [1.82, 2.24) is 0 Å². The van der Waals surface area contributed by atoms with Gasteiger partial charge in [-0.15, -0.1) is 0 Å². The number of nitriles is 1. The molecule has 2 aromatic carbocycles. The average Bonchev–Trinajstić information content (AvgIpc) is 2.45. The van der Waals surface area contributed by atoms with E-state index in [0.29, 0.717) is 18.8 Å². The van der Waals surface area contributed by atoms with Crippen LogP contribution in [-0.2, 0) is 0 Å². The molecule has 1 unspecified atom stereocenters. The van der Waals surface area contributed by atoms with Crippen molar-refractivity contribution in [1.29, 1.82) is 5.26 Å². The van der Waals surface area contributed by atoms with Crippen molar-refractivity contribution in [2.75, 3.05) is 6.61 Å². The van der Waals surface area contributed by atoms with Crippen molar-refractivity contribution >= 4 is 0 Å². The first-order valence-corrected chi connectivity index (χ1v) is 6.54. The first kappa shape index (κ1) is 14.1. The third-order valence-electron chi connectivity index (χ3n) is 3.19. The molecule has 0 aliphatic heterocycles. The number of hydrogen-bond acceptors (Lipinski definition) is 2. The van der Waals surface area contributed by atoms with Crippen LogP contribution < -0.4 is 4.74 Å². The average molecular weight is 269 g/mol. The summed E-state index contributed by atoms with van der Waals surface area (Å²) in [6.45, 7) is 2.38. The highest BCUT2D eigenvalue weighted by Gasteiger charge is 2.12. The smallest absolute Gasteiger partial charge is 0.126 e. The molecule has 0 saturated heterocycles. The van der Waals surface area contributed by atoms with Crippen LogP contribution in [0.25, 0.3) is 0 Å². The van der Waals surface area contributed by atoms with Crippen molar-refractivity contribution in [3.8, 4) is 11.8 Å². The molecule has 0 spiro atoms. The lowest BCUT2D eigenvalue weighted by Gasteiger charge is -2.13. The van der Waals surface area contributed by atoms with Gasteiger partial charge >= 0.3 is 0 Å². The molecule has 2 aromatic rings. The Morgan fingerprint density at radius 2 is 2.00 bits per heavy atom. The molecule has 0 bridgehead atoms. The van der Waals surface area contributed by atoms with E-state index in [2.05, 4.69) is 6.07 Å². The summed E-state index contributed by atoms with van der Waals surface area (Å²) in [5.74, 6) is -0.0329. The Balaban J connectivity index is 1.96. The lowest BCUT2D eigenvalue weighted by Crippen LogP contribution is -2.05. The summed E-state index contributed by atoms with van der Waals surface area (Å²) in [5.41, 5.74) is 2.13. The lowest BCUT2D eigenvalue weighted by molar-refractivity contribution is 0.304. The fourth-order valence-electron chi connectivity index (χ4n) is 2.12. The van der Waals surface area contributed by atoms with Crippen molar-refractivity contribution in [3.05, 3.63) is 65.5 Å². The quantitative estimate of drug-likeness (QED) is 0.814. The maximum Gasteiger partial charge on any atom is 0.126 e. The van der Waals surface area contributed by atoms with E-state index >= 15 is 0 Å². The minimum absolute atomic E-state index is 0.204. The minimum atomic E-state index is -0.321. The standard InChI is InChI=1S/C17H16FNO/c1-13-5-2-3-8-17(13)14(12-19)9-10-20-16-7-4-6-15(18)11-16/h2-8,11,14H,9-10H2,1H3. The normalized spacial score (nSPS) is 11.7. The maximum atomic E-state index is 13.0. The largest absolute Gasteiger partial charge is 0.493 e. The number of aryl methyl sites for hydroxylation is 1. The van der Waals surface area contributed by atoms with E-state index in [-0.39, 0.29) is 11.7 Å². The zero-order valence-electron chi connectivity index (χ0n) is 11.3. The number of halogens is 1. The van der Waals surface area contributed by atoms with E-state index < -0.39 is 0 Å². The molecule has 0 aromatic heterocycles. The van der Waals surface area contributed by atoms with Crippen LogP contribution in [-0.4, -0.2) is 6.61 Å². The van der Waals surface area contributed by atoms with Gasteiger partial charge in [-0.3, -0.25) is 0 Å². The first-order chi connectivity index (χ1) is 9.70. The highest BCUT2D eigenvalue weighted by atomic mass is 19.1. The van der Waals surface area contributed by atoms with Crippen LogP contribution in [0.1, 0.15) is 23.5 Å². The number of hydrogen-bond donors (Lipinski definition) is 0. The van der Waals surface area contributed by atoms with E-state index in [4.69, 9.17) is 4.74 Å². The molecule has 0 N–H and O–H groups in total. The summed E-state index contributed by atoms with van der Waals surface area (Å²) in [6, 6.07) is 16.2. The third kappa shape index (κ3) is 3.58. The number of nitrogens with zero attached hydrogens (tertiary/aromatic N) is 1. The van der Waals surface area contributed by atoms with Crippen LogP contribution >= 0.6 is 0 Å². The van der Waals surface area contributed by atoms with E-state index in [1.54, 1.807) is 12.1 Å². The molecular formula is C17H16FNO. The first-order valence-electron chi connectivity index (χ1n) is 6.54. The van der Waals surface area contributed by atoms with Gasteiger partial charge in [-0.2, -0.15) is 5.26 Å². The van der Waals surface area contributed by atoms with Crippen LogP contribution in [0.5, 0.6) is 5.75 Å². The maximum absolute atomic E-state index is 13.0. The lowest BCUT2D eigenvalue weighted by atomic mass is 9.94. The molecule has 0 saturated carbocycles. The van der Waals surface area contributed by atoms with E-state index in [9.17, 15) is 9.65 Å². The topological polar surface area (TPSA) is 33.0 Å². The molecule has 20 heavy (non-hydrogen) atoms. The van der Waals surface area contributed by atoms with Gasteiger partial charge in [-0.1, -0.05) is 30.3 Å². The fraction of sp³-hybridized carbons (Fsp3) is 0.235. The van der Waals surface area contributed by atoms with Gasteiger partial charge in [0.25, 0.3) is 0 Å². The van der Waals surface area contributed by atoms with E-state index in [0.717, 1.165) is 11.1 Å². The Hall–Kier alpha value is -2.34. The predicted molar refractivity (Wildman–Crippen MR) is 76.0 cm³/mol. The Morgan fingerprint density at radius 3 is 2.70 bits per heavy atom. The molecule has 0 aliphatic carbocycles. The molecule has 0 radical (unpaired) electrons. The molecular weight excluding hydrogens is 253 g/mol. The van der Waals surface area contributed by atoms with Gasteiger partial charge in [0, 0.05) is 12.5 Å². The van der Waals surface area contributed by atoms with Crippen molar-refractivity contribution in [2.24, 2.45) is 0 Å². The molecule has 0 fully saturated rings. The van der Waals surface area contributed by atoms with Gasteiger partial charge in [0.1, 0.15) is 11.6 Å². The predicted octanol–water partition coefficient (Wildman–Crippen LogP) is 4.21. The summed E-state index contributed by atoms with van der Waals surface area (Å²) in [4.78, 5) is 0. The molecule has 0 aliphatic rings. The fourth-order valence-corrected chi connectivity index (χ4v) is 2.12. The zero-order chi connectivity index (χ0) is 14.4. The summed E-state index contributed by atoms with van der Waals surface area (Å²) in [5, 5.41) is 9.28. The SMILES string of the molecule is Cc1ccccc1C(C#N)CCOc1cccc(F)c1. The van der Waals surface area contributed by atoms with Gasteiger partial charge in [0.05, 0.1) is 18.6 Å². The molecule has 0 amide bonds. The summed E-state index contributed by atoms with van der Waals surface area (Å²) in [6.07, 6.45) is 0.581. The van der Waals surface area contributed by atoms with Gasteiger partial charge < -0.3 is 4.74 Å². The Bertz CT molecular complexity index is 618. The summed E-state index contributed by atoms with van der Waals surface area (Å²) >= 11 is 0. The molecule has 102 valence electrons. The van der Waals surface area contributed by atoms with Crippen LogP contribution in [0.15, 0.2) is 48.5 Å². The van der Waals surface area contributed by atoms with Crippen molar-refractivity contribution < 1.29 is 9.13 Å². The Kier molecular flexibility index (Phi) is 4.73. The molecule has 1 atom stereocenters. The molecule has 3 heteroatoms. The zero-order valence-corrected chi connectivity index (χ0v) is 11.3. The van der Waals surface area contributed by atoms with Gasteiger partial charge in [-0.05, 0) is 30.2 Å². The Morgan fingerprint density at radius 1 is 1.20 bits per heavy atom. The third-order valence-corrected chi connectivity index (χ3v) is 3.19. The Labute approximate surface area is 118 Å². The van der Waals surface area contributed by atoms with Gasteiger partial charge in [0.2, 0.25) is 0 Å². The van der Waals surface area contributed by atoms with Crippen LogP contribution in [0.4, 0.5) is 4.39 Å². The highest BCUT2D eigenvalue weighted by Crippen LogP contribution is 2.23. The van der Waals surface area contributed by atoms with Crippen LogP contribution in [0.3, 0.4) is 0 Å². The monoisotopic (exact) mass is 269 g/mol. The second kappa shape index (κ2) is 6.72. The number of rotatable bonds is 5. The van der Waals surface area contributed by atoms with Gasteiger partial charge in [0.15, 0.2) is 0 Å². The van der Waals surface area contributed by atoms with Crippen LogP contribution in [0.2, 0.25) is 0 Å². The molecule has 0 heterocycles. The van der Waals surface area contributed by atoms with Crippen molar-refractivity contribution in [2.45, 2.75) is 19.3 Å². The van der Waals surface area contributed by atoms with Crippen molar-refractivity contribution in [3.63, 3.8) is 0 Å². The van der Waals surface area contributed by atoms with E-state index in [1.165, 1.54) is 12.1 Å². The number of ether oxygens (including phenoxy) is 1. The molecule has 2 rings (SSSR count). The van der Waals surface area contributed by atoms with E-state index in [1.807, 2.05) is 31.2 Å². The minimum Gasteiger partial charge on any atom is -0.493 e. The molecule has 2 nitrogen and oxygen atoms in total.